The minimum Gasteiger partial charge on any atom is -0.339 e. The summed E-state index contributed by atoms with van der Waals surface area (Å²) in [4.78, 5) is 4.53. The van der Waals surface area contributed by atoms with Gasteiger partial charge in [-0.25, -0.2) is 0 Å². The van der Waals surface area contributed by atoms with E-state index in [0.717, 1.165) is 28.9 Å². The van der Waals surface area contributed by atoms with Crippen LogP contribution in [0.2, 0.25) is 0 Å². The number of anilines is 4. The second-order valence-corrected chi connectivity index (χ2v) is 5.69. The van der Waals surface area contributed by atoms with Crippen LogP contribution in [-0.4, -0.2) is 15.2 Å². The highest BCUT2D eigenvalue weighted by atomic mass is 15.3. The molecule has 24 heavy (non-hydrogen) atoms. The summed E-state index contributed by atoms with van der Waals surface area (Å²) >= 11 is 0. The molecule has 1 aromatic heterocycles. The van der Waals surface area contributed by atoms with Crippen molar-refractivity contribution >= 4 is 23.1 Å². The first-order valence-corrected chi connectivity index (χ1v) is 8.05. The van der Waals surface area contributed by atoms with Crippen molar-refractivity contribution in [3.8, 4) is 0 Å². The van der Waals surface area contributed by atoms with Gasteiger partial charge in [-0.15, -0.1) is 5.10 Å². The van der Waals surface area contributed by atoms with Crippen LogP contribution in [0.4, 0.5) is 23.1 Å². The van der Waals surface area contributed by atoms with Crippen molar-refractivity contribution in [2.45, 2.75) is 27.2 Å². The van der Waals surface area contributed by atoms with E-state index in [1.807, 2.05) is 18.2 Å². The minimum atomic E-state index is 0.484. The molecule has 2 aromatic carbocycles. The molecule has 0 unspecified atom stereocenters. The van der Waals surface area contributed by atoms with Crippen molar-refractivity contribution in [3.05, 3.63) is 65.4 Å². The van der Waals surface area contributed by atoms with Crippen LogP contribution in [0.1, 0.15) is 23.6 Å². The predicted octanol–water partition coefficient (Wildman–Crippen LogP) is 4.54. The van der Waals surface area contributed by atoms with Gasteiger partial charge in [0.25, 0.3) is 0 Å². The van der Waals surface area contributed by atoms with E-state index in [9.17, 15) is 0 Å². The van der Waals surface area contributed by atoms with Gasteiger partial charge in [0.2, 0.25) is 5.95 Å². The monoisotopic (exact) mass is 319 g/mol. The highest BCUT2D eigenvalue weighted by molar-refractivity contribution is 5.65. The summed E-state index contributed by atoms with van der Waals surface area (Å²) in [5.74, 6) is 1.14. The van der Waals surface area contributed by atoms with Gasteiger partial charge in [-0.05, 0) is 43.0 Å². The van der Waals surface area contributed by atoms with E-state index in [2.05, 4.69) is 70.9 Å². The van der Waals surface area contributed by atoms with Crippen molar-refractivity contribution in [2.24, 2.45) is 0 Å². The van der Waals surface area contributed by atoms with Crippen LogP contribution < -0.4 is 10.6 Å². The lowest BCUT2D eigenvalue weighted by atomic mass is 10.1. The van der Waals surface area contributed by atoms with Crippen molar-refractivity contribution in [3.63, 3.8) is 0 Å². The molecule has 0 saturated heterocycles. The fraction of sp³-hybridized carbons (Fsp3) is 0.211. The molecule has 0 saturated carbocycles. The highest BCUT2D eigenvalue weighted by Gasteiger charge is 2.08. The molecular weight excluding hydrogens is 298 g/mol. The zero-order valence-electron chi connectivity index (χ0n) is 14.2. The molecule has 1 heterocycles. The van der Waals surface area contributed by atoms with Crippen LogP contribution in [0.5, 0.6) is 0 Å². The van der Waals surface area contributed by atoms with Gasteiger partial charge < -0.3 is 10.6 Å². The van der Waals surface area contributed by atoms with Crippen molar-refractivity contribution in [1.82, 2.24) is 15.2 Å². The summed E-state index contributed by atoms with van der Waals surface area (Å²) in [5, 5.41) is 14.8. The summed E-state index contributed by atoms with van der Waals surface area (Å²) in [6, 6.07) is 14.3. The Morgan fingerprint density at radius 3 is 2.50 bits per heavy atom. The highest BCUT2D eigenvalue weighted by Crippen LogP contribution is 2.24. The third-order valence-corrected chi connectivity index (χ3v) is 3.94. The molecule has 0 atom stereocenters. The summed E-state index contributed by atoms with van der Waals surface area (Å²) < 4.78 is 0. The van der Waals surface area contributed by atoms with Gasteiger partial charge in [-0.3, -0.25) is 0 Å². The van der Waals surface area contributed by atoms with E-state index >= 15 is 0 Å². The average Bonchev–Trinajstić information content (AvgIpc) is 2.59. The van der Waals surface area contributed by atoms with Gasteiger partial charge in [-0.1, -0.05) is 43.3 Å². The molecule has 5 heteroatoms. The average molecular weight is 319 g/mol. The maximum Gasteiger partial charge on any atom is 0.249 e. The molecule has 0 spiro atoms. The van der Waals surface area contributed by atoms with E-state index in [-0.39, 0.29) is 0 Å². The van der Waals surface area contributed by atoms with Gasteiger partial charge in [0.1, 0.15) is 0 Å². The molecule has 0 fully saturated rings. The summed E-state index contributed by atoms with van der Waals surface area (Å²) in [6.45, 7) is 6.26. The third kappa shape index (κ3) is 3.51. The fourth-order valence-electron chi connectivity index (χ4n) is 2.58. The predicted molar refractivity (Wildman–Crippen MR) is 98.1 cm³/mol. The molecule has 0 aliphatic rings. The molecule has 3 rings (SSSR count). The van der Waals surface area contributed by atoms with E-state index in [1.54, 1.807) is 6.20 Å². The Morgan fingerprint density at radius 1 is 0.917 bits per heavy atom. The second-order valence-electron chi connectivity index (χ2n) is 5.69. The summed E-state index contributed by atoms with van der Waals surface area (Å²) in [6.07, 6.45) is 2.56. The molecule has 5 nitrogen and oxygen atoms in total. The zero-order valence-corrected chi connectivity index (χ0v) is 14.2. The number of aromatic nitrogens is 3. The van der Waals surface area contributed by atoms with Crippen LogP contribution in [-0.2, 0) is 6.42 Å². The van der Waals surface area contributed by atoms with E-state index in [0.29, 0.717) is 11.8 Å². The molecule has 0 aliphatic carbocycles. The molecule has 0 bridgehead atoms. The topological polar surface area (TPSA) is 62.7 Å². The lowest BCUT2D eigenvalue weighted by Gasteiger charge is -2.13. The Labute approximate surface area is 142 Å². The Balaban J connectivity index is 1.85. The van der Waals surface area contributed by atoms with Crippen molar-refractivity contribution in [2.75, 3.05) is 10.6 Å². The largest absolute Gasteiger partial charge is 0.339 e. The number of hydrogen-bond acceptors (Lipinski definition) is 5. The maximum atomic E-state index is 4.53. The van der Waals surface area contributed by atoms with Crippen molar-refractivity contribution < 1.29 is 0 Å². The maximum absolute atomic E-state index is 4.53. The number of benzene rings is 2. The molecular formula is C19H21N5. The number of hydrogen-bond donors (Lipinski definition) is 2. The zero-order chi connectivity index (χ0) is 16.9. The summed E-state index contributed by atoms with van der Waals surface area (Å²) in [7, 11) is 0. The fourth-order valence-corrected chi connectivity index (χ4v) is 2.58. The Bertz CT molecular complexity index is 845. The minimum absolute atomic E-state index is 0.484. The Hall–Kier alpha value is -2.95. The normalized spacial score (nSPS) is 10.5. The van der Waals surface area contributed by atoms with E-state index in [4.69, 9.17) is 0 Å². The number of aryl methyl sites for hydroxylation is 3. The van der Waals surface area contributed by atoms with Gasteiger partial charge in [0.05, 0.1) is 6.20 Å². The summed E-state index contributed by atoms with van der Waals surface area (Å²) in [5.41, 5.74) is 5.60. The molecule has 0 aliphatic heterocycles. The third-order valence-electron chi connectivity index (χ3n) is 3.94. The number of rotatable bonds is 5. The van der Waals surface area contributed by atoms with Gasteiger partial charge >= 0.3 is 0 Å². The van der Waals surface area contributed by atoms with Crippen LogP contribution >= 0.6 is 0 Å². The van der Waals surface area contributed by atoms with Crippen LogP contribution in [0, 0.1) is 13.8 Å². The number of para-hydroxylation sites is 2. The van der Waals surface area contributed by atoms with E-state index < -0.39 is 0 Å². The van der Waals surface area contributed by atoms with Gasteiger partial charge in [0, 0.05) is 11.4 Å². The van der Waals surface area contributed by atoms with Crippen LogP contribution in [0.25, 0.3) is 0 Å². The standard InChI is InChI=1S/C19H21N5/c1-4-15-10-7-9-14(3)18(15)23-19-22-17(12-20-24-19)21-16-11-6-5-8-13(16)2/h5-12H,4H2,1-3H3,(H2,21,22,23,24). The molecule has 3 aromatic rings. The molecule has 122 valence electrons. The van der Waals surface area contributed by atoms with E-state index in [1.165, 1.54) is 5.56 Å². The lowest BCUT2D eigenvalue weighted by Crippen LogP contribution is -2.05. The number of nitrogens with one attached hydrogen (secondary N) is 2. The van der Waals surface area contributed by atoms with Gasteiger partial charge in [0.15, 0.2) is 5.82 Å². The van der Waals surface area contributed by atoms with Crippen molar-refractivity contribution in [1.29, 1.82) is 0 Å². The SMILES string of the molecule is CCc1cccc(C)c1Nc1nncc(Nc2ccccc2C)n1. The lowest BCUT2D eigenvalue weighted by molar-refractivity contribution is 0.978. The Kier molecular flexibility index (Phi) is 4.70. The first kappa shape index (κ1) is 15.9. The number of nitrogens with zero attached hydrogens (tertiary/aromatic N) is 3. The smallest absolute Gasteiger partial charge is 0.249 e. The van der Waals surface area contributed by atoms with Crippen LogP contribution in [0.15, 0.2) is 48.7 Å². The quantitative estimate of drug-likeness (QED) is 0.723. The van der Waals surface area contributed by atoms with Gasteiger partial charge in [-0.2, -0.15) is 10.1 Å². The van der Waals surface area contributed by atoms with Crippen LogP contribution in [0.3, 0.4) is 0 Å². The Morgan fingerprint density at radius 2 is 1.71 bits per heavy atom. The molecule has 2 N–H and O–H groups in total. The first-order valence-electron chi connectivity index (χ1n) is 8.05. The molecule has 0 amide bonds. The first-order chi connectivity index (χ1) is 11.7. The second kappa shape index (κ2) is 7.08. The molecule has 0 radical (unpaired) electrons.